The van der Waals surface area contributed by atoms with Crippen LogP contribution in [0.5, 0.6) is 0 Å². The molecule has 14 heavy (non-hydrogen) atoms. The van der Waals surface area contributed by atoms with E-state index in [1.165, 1.54) is 0 Å². The van der Waals surface area contributed by atoms with Crippen molar-refractivity contribution in [3.63, 3.8) is 0 Å². The van der Waals surface area contributed by atoms with E-state index in [2.05, 4.69) is 27.7 Å². The Morgan fingerprint density at radius 3 is 2.43 bits per heavy atom. The summed E-state index contributed by atoms with van der Waals surface area (Å²) in [7, 11) is 0. The molecule has 2 rings (SSSR count). The molecule has 0 spiro atoms. The van der Waals surface area contributed by atoms with Gasteiger partial charge in [0.15, 0.2) is 0 Å². The second-order valence-corrected chi connectivity index (χ2v) is 5.97. The van der Waals surface area contributed by atoms with Gasteiger partial charge in [0.05, 0.1) is 0 Å². The summed E-state index contributed by atoms with van der Waals surface area (Å²) in [6, 6.07) is 0. The summed E-state index contributed by atoms with van der Waals surface area (Å²) < 4.78 is 5.31. The summed E-state index contributed by atoms with van der Waals surface area (Å²) >= 11 is 0. The van der Waals surface area contributed by atoms with Gasteiger partial charge in [0.2, 0.25) is 0 Å². The van der Waals surface area contributed by atoms with Crippen LogP contribution in [0.3, 0.4) is 0 Å². The first-order chi connectivity index (χ1) is 6.28. The minimum Gasteiger partial charge on any atom is -0.536 e. The van der Waals surface area contributed by atoms with Crippen molar-refractivity contribution in [2.24, 2.45) is 16.7 Å². The van der Waals surface area contributed by atoms with E-state index >= 15 is 0 Å². The Hall–Kier alpha value is -0.465. The Bertz CT molecular complexity index is 283. The summed E-state index contributed by atoms with van der Waals surface area (Å²) in [5.74, 6) is 1.06. The van der Waals surface area contributed by atoms with E-state index in [0.29, 0.717) is 18.2 Å². The minimum atomic E-state index is -0.0117. The monoisotopic (exact) mass is 194 g/mol. The van der Waals surface area contributed by atoms with Crippen LogP contribution >= 0.6 is 0 Å². The fourth-order valence-corrected chi connectivity index (χ4v) is 3.57. The fraction of sp³-hybridized carbons (Fsp3) is 0.909. The van der Waals surface area contributed by atoms with Crippen LogP contribution in [0, 0.1) is 16.7 Å². The first kappa shape index (κ1) is 10.1. The molecule has 2 nitrogen and oxygen atoms in total. The molecule has 1 aliphatic carbocycles. The molecule has 1 saturated carbocycles. The lowest BCUT2D eigenvalue weighted by molar-refractivity contribution is -0.158. The highest BCUT2D eigenvalue weighted by Crippen LogP contribution is 2.70. The van der Waals surface area contributed by atoms with Crippen LogP contribution in [0.1, 0.15) is 34.1 Å². The van der Waals surface area contributed by atoms with E-state index in [4.69, 9.17) is 4.65 Å². The van der Waals surface area contributed by atoms with Gasteiger partial charge >= 0.3 is 6.92 Å². The van der Waals surface area contributed by atoms with E-state index in [1.807, 2.05) is 6.82 Å². The number of hydrogen-bond acceptors (Lipinski definition) is 2. The highest BCUT2D eigenvalue weighted by atomic mass is 16.5. The van der Waals surface area contributed by atoms with Gasteiger partial charge in [-0.05, 0) is 29.4 Å². The lowest BCUT2D eigenvalue weighted by Crippen LogP contribution is -2.64. The average molecular weight is 194 g/mol. The predicted molar refractivity (Wildman–Crippen MR) is 57.1 cm³/mol. The van der Waals surface area contributed by atoms with Crippen LogP contribution in [0.15, 0.2) is 0 Å². The molecule has 0 bridgehead atoms. The van der Waals surface area contributed by atoms with E-state index in [1.54, 1.807) is 0 Å². The van der Waals surface area contributed by atoms with Crippen molar-refractivity contribution in [2.75, 3.05) is 0 Å². The maximum atomic E-state index is 11.3. The van der Waals surface area contributed by atoms with Crippen LogP contribution in [0.2, 0.25) is 12.6 Å². The Morgan fingerprint density at radius 2 is 1.86 bits per heavy atom. The SMILES string of the molecule is CB1OC(=O)CC2C1C(C)(C)C2(C)C. The maximum Gasteiger partial charge on any atom is 0.362 e. The zero-order chi connectivity index (χ0) is 10.7. The number of rotatable bonds is 0. The van der Waals surface area contributed by atoms with Crippen molar-refractivity contribution in [3.8, 4) is 0 Å². The largest absolute Gasteiger partial charge is 0.536 e. The van der Waals surface area contributed by atoms with Gasteiger partial charge in [-0.3, -0.25) is 4.79 Å². The second-order valence-electron chi connectivity index (χ2n) is 5.97. The van der Waals surface area contributed by atoms with Gasteiger partial charge in [0, 0.05) is 6.42 Å². The Kier molecular flexibility index (Phi) is 1.84. The number of carbonyl (C=O) groups excluding carboxylic acids is 1. The maximum absolute atomic E-state index is 11.3. The third-order valence-electron chi connectivity index (χ3n) is 5.06. The van der Waals surface area contributed by atoms with Crippen LogP contribution in [-0.2, 0) is 9.45 Å². The van der Waals surface area contributed by atoms with E-state index in [0.717, 1.165) is 0 Å². The van der Waals surface area contributed by atoms with Gasteiger partial charge in [-0.2, -0.15) is 0 Å². The van der Waals surface area contributed by atoms with Crippen molar-refractivity contribution in [1.82, 2.24) is 0 Å². The van der Waals surface area contributed by atoms with Crippen molar-refractivity contribution in [3.05, 3.63) is 0 Å². The summed E-state index contributed by atoms with van der Waals surface area (Å²) in [6.07, 6.45) is 0.617. The zero-order valence-corrected chi connectivity index (χ0v) is 9.76. The fourth-order valence-electron chi connectivity index (χ4n) is 3.57. The van der Waals surface area contributed by atoms with Crippen LogP contribution < -0.4 is 0 Å². The smallest absolute Gasteiger partial charge is 0.362 e. The average Bonchev–Trinajstić information content (AvgIpc) is 2.01. The van der Waals surface area contributed by atoms with E-state index < -0.39 is 0 Å². The quantitative estimate of drug-likeness (QED) is 0.554. The normalized spacial score (nSPS) is 38.4. The van der Waals surface area contributed by atoms with Gasteiger partial charge in [-0.15, -0.1) is 0 Å². The molecule has 0 N–H and O–H groups in total. The molecule has 3 heteroatoms. The molecule has 0 aromatic heterocycles. The van der Waals surface area contributed by atoms with Crippen molar-refractivity contribution in [2.45, 2.75) is 46.8 Å². The summed E-state index contributed by atoms with van der Waals surface area (Å²) in [6.45, 7) is 11.3. The zero-order valence-electron chi connectivity index (χ0n) is 9.76. The third kappa shape index (κ3) is 0.959. The van der Waals surface area contributed by atoms with Gasteiger partial charge in [-0.1, -0.05) is 27.7 Å². The lowest BCUT2D eigenvalue weighted by atomic mass is 9.27. The van der Waals surface area contributed by atoms with Crippen LogP contribution in [-0.4, -0.2) is 12.9 Å². The summed E-state index contributed by atoms with van der Waals surface area (Å²) in [5.41, 5.74) is 0.559. The van der Waals surface area contributed by atoms with Crippen LogP contribution in [0.25, 0.3) is 0 Å². The molecule has 2 fully saturated rings. The topological polar surface area (TPSA) is 26.3 Å². The summed E-state index contributed by atoms with van der Waals surface area (Å²) in [5, 5.41) is 0. The van der Waals surface area contributed by atoms with Gasteiger partial charge in [0.25, 0.3) is 5.97 Å². The molecule has 2 unspecified atom stereocenters. The first-order valence-electron chi connectivity index (χ1n) is 5.48. The van der Waals surface area contributed by atoms with Crippen molar-refractivity contribution < 1.29 is 9.45 Å². The molecule has 2 aliphatic rings. The van der Waals surface area contributed by atoms with Crippen LogP contribution in [0.4, 0.5) is 0 Å². The predicted octanol–water partition coefficient (Wildman–Crippen LogP) is 2.61. The highest BCUT2D eigenvalue weighted by molar-refractivity contribution is 6.55. The summed E-state index contributed by atoms with van der Waals surface area (Å²) in [4.78, 5) is 11.3. The molecule has 1 heterocycles. The Balaban J connectivity index is 2.29. The minimum absolute atomic E-state index is 0.0117. The third-order valence-corrected chi connectivity index (χ3v) is 5.06. The molecule has 1 saturated heterocycles. The van der Waals surface area contributed by atoms with E-state index in [9.17, 15) is 4.79 Å². The standard InChI is InChI=1S/C11H19BO2/c1-10(2)7-6-8(13)14-12(5)9(7)11(10,3)4/h7,9H,6H2,1-5H3. The molecule has 0 aromatic carbocycles. The number of hydrogen-bond donors (Lipinski definition) is 0. The molecule has 0 radical (unpaired) electrons. The molecular weight excluding hydrogens is 175 g/mol. The van der Waals surface area contributed by atoms with Gasteiger partial charge in [0.1, 0.15) is 0 Å². The first-order valence-corrected chi connectivity index (χ1v) is 5.48. The molecule has 2 atom stereocenters. The molecule has 0 amide bonds. The Labute approximate surface area is 86.5 Å². The molecule has 1 aliphatic heterocycles. The van der Waals surface area contributed by atoms with Gasteiger partial charge in [-0.25, -0.2) is 0 Å². The number of fused-ring (bicyclic) bond motifs is 1. The molecule has 0 aromatic rings. The Morgan fingerprint density at radius 1 is 1.29 bits per heavy atom. The number of carbonyl (C=O) groups is 1. The molecular formula is C11H19BO2. The van der Waals surface area contributed by atoms with E-state index in [-0.39, 0.29) is 23.7 Å². The van der Waals surface area contributed by atoms with Gasteiger partial charge < -0.3 is 4.65 Å². The van der Waals surface area contributed by atoms with Crippen molar-refractivity contribution >= 4 is 12.9 Å². The second kappa shape index (κ2) is 2.56. The lowest BCUT2D eigenvalue weighted by Gasteiger charge is -2.67. The van der Waals surface area contributed by atoms with Crippen molar-refractivity contribution in [1.29, 1.82) is 0 Å². The molecule has 78 valence electrons. The highest BCUT2D eigenvalue weighted by Gasteiger charge is 2.66.